The third kappa shape index (κ3) is 2.20. The van der Waals surface area contributed by atoms with Crippen molar-refractivity contribution >= 4 is 42.9 Å². The highest BCUT2D eigenvalue weighted by Crippen LogP contribution is 2.37. The van der Waals surface area contributed by atoms with Crippen LogP contribution in [0.2, 0.25) is 10.0 Å². The molecule has 0 aliphatic heterocycles. The molecular formula is C6H3Cl3O3S. The molecule has 1 rings (SSSR count). The fourth-order valence-corrected chi connectivity index (χ4v) is 2.65. The monoisotopic (exact) mass is 260 g/mol. The largest absolute Gasteiger partial charge is 0.505 e. The predicted octanol–water partition coefficient (Wildman–Crippen LogP) is 2.63. The second kappa shape index (κ2) is 3.53. The summed E-state index contributed by atoms with van der Waals surface area (Å²) in [6, 6.07) is 2.50. The van der Waals surface area contributed by atoms with Crippen LogP contribution in [0.1, 0.15) is 0 Å². The van der Waals surface area contributed by atoms with Gasteiger partial charge >= 0.3 is 0 Å². The number of benzene rings is 1. The number of hydrogen-bond acceptors (Lipinski definition) is 3. The topological polar surface area (TPSA) is 54.4 Å². The Morgan fingerprint density at radius 2 is 1.62 bits per heavy atom. The Bertz CT molecular complexity index is 441. The lowest BCUT2D eigenvalue weighted by Gasteiger charge is -2.03. The molecule has 72 valence electrons. The molecule has 0 aliphatic rings. The van der Waals surface area contributed by atoms with Crippen LogP contribution >= 0.6 is 33.9 Å². The Kier molecular flexibility index (Phi) is 2.97. The van der Waals surface area contributed by atoms with E-state index in [9.17, 15) is 13.5 Å². The molecule has 0 atom stereocenters. The standard InChI is InChI=1S/C6H3Cl3O3S/c7-3-1-2-4(8)6(5(3)10)13(9,11)12/h1-2,10H. The van der Waals surface area contributed by atoms with E-state index in [2.05, 4.69) is 0 Å². The van der Waals surface area contributed by atoms with Gasteiger partial charge in [0.1, 0.15) is 4.90 Å². The first-order valence-corrected chi connectivity index (χ1v) is 6.02. The summed E-state index contributed by atoms with van der Waals surface area (Å²) in [6.45, 7) is 0. The minimum Gasteiger partial charge on any atom is -0.505 e. The third-order valence-electron chi connectivity index (χ3n) is 1.28. The van der Waals surface area contributed by atoms with Gasteiger partial charge in [0.05, 0.1) is 10.0 Å². The maximum absolute atomic E-state index is 10.9. The van der Waals surface area contributed by atoms with E-state index >= 15 is 0 Å². The Morgan fingerprint density at radius 1 is 1.15 bits per heavy atom. The molecule has 13 heavy (non-hydrogen) atoms. The van der Waals surface area contributed by atoms with Gasteiger partial charge in [-0.25, -0.2) is 8.42 Å². The average Bonchev–Trinajstić information content (AvgIpc) is 1.95. The van der Waals surface area contributed by atoms with Gasteiger partial charge in [-0.05, 0) is 12.1 Å². The highest BCUT2D eigenvalue weighted by Gasteiger charge is 2.21. The van der Waals surface area contributed by atoms with Crippen LogP contribution < -0.4 is 0 Å². The number of phenolic OH excluding ortho intramolecular Hbond substituents is 1. The Labute approximate surface area is 89.3 Å². The highest BCUT2D eigenvalue weighted by atomic mass is 35.7. The molecule has 0 radical (unpaired) electrons. The zero-order chi connectivity index (χ0) is 10.2. The van der Waals surface area contributed by atoms with Crippen molar-refractivity contribution in [1.82, 2.24) is 0 Å². The van der Waals surface area contributed by atoms with Crippen molar-refractivity contribution < 1.29 is 13.5 Å². The number of phenols is 1. The number of rotatable bonds is 1. The normalized spacial score (nSPS) is 11.6. The van der Waals surface area contributed by atoms with Crippen LogP contribution in [0.4, 0.5) is 0 Å². The fourth-order valence-electron chi connectivity index (χ4n) is 0.754. The summed E-state index contributed by atoms with van der Waals surface area (Å²) in [4.78, 5) is -0.566. The van der Waals surface area contributed by atoms with E-state index in [-0.39, 0.29) is 10.0 Å². The van der Waals surface area contributed by atoms with Gasteiger partial charge in [0, 0.05) is 10.7 Å². The minimum atomic E-state index is -4.08. The summed E-state index contributed by atoms with van der Waals surface area (Å²) < 4.78 is 21.8. The number of hydrogen-bond donors (Lipinski definition) is 1. The predicted molar refractivity (Wildman–Crippen MR) is 51.2 cm³/mol. The lowest BCUT2D eigenvalue weighted by atomic mass is 10.3. The van der Waals surface area contributed by atoms with Gasteiger partial charge in [0.15, 0.2) is 5.75 Å². The van der Waals surface area contributed by atoms with E-state index in [4.69, 9.17) is 33.9 Å². The van der Waals surface area contributed by atoms with Crippen molar-refractivity contribution in [2.75, 3.05) is 0 Å². The van der Waals surface area contributed by atoms with Crippen molar-refractivity contribution in [3.63, 3.8) is 0 Å². The summed E-state index contributed by atoms with van der Waals surface area (Å²) in [5.41, 5.74) is 0. The van der Waals surface area contributed by atoms with Crippen molar-refractivity contribution in [2.24, 2.45) is 0 Å². The SMILES string of the molecule is O=S(=O)(Cl)c1c(Cl)ccc(Cl)c1O. The number of aromatic hydroxyl groups is 1. The zero-order valence-electron chi connectivity index (χ0n) is 5.96. The second-order valence-electron chi connectivity index (χ2n) is 2.14. The van der Waals surface area contributed by atoms with E-state index in [0.717, 1.165) is 0 Å². The number of halogens is 3. The first-order chi connectivity index (χ1) is 5.84. The molecule has 0 bridgehead atoms. The molecule has 1 aromatic carbocycles. The quantitative estimate of drug-likeness (QED) is 0.791. The first kappa shape index (κ1) is 10.9. The van der Waals surface area contributed by atoms with E-state index in [0.29, 0.717) is 0 Å². The van der Waals surface area contributed by atoms with Gasteiger partial charge in [0.2, 0.25) is 0 Å². The van der Waals surface area contributed by atoms with Crippen LogP contribution in [0.5, 0.6) is 5.75 Å². The Hall–Kier alpha value is -0.160. The molecule has 0 saturated carbocycles. The maximum Gasteiger partial charge on any atom is 0.266 e. The summed E-state index contributed by atoms with van der Waals surface area (Å²) in [7, 11) is 0.929. The first-order valence-electron chi connectivity index (χ1n) is 2.95. The van der Waals surface area contributed by atoms with Gasteiger partial charge < -0.3 is 5.11 Å². The molecule has 0 spiro atoms. The molecular weight excluding hydrogens is 258 g/mol. The van der Waals surface area contributed by atoms with E-state index < -0.39 is 19.7 Å². The van der Waals surface area contributed by atoms with Gasteiger partial charge in [-0.15, -0.1) is 0 Å². The van der Waals surface area contributed by atoms with Crippen LogP contribution in [0.15, 0.2) is 17.0 Å². The molecule has 0 aromatic heterocycles. The lowest BCUT2D eigenvalue weighted by molar-refractivity contribution is 0.460. The highest BCUT2D eigenvalue weighted by molar-refractivity contribution is 8.14. The van der Waals surface area contributed by atoms with E-state index in [1.165, 1.54) is 12.1 Å². The molecule has 0 fully saturated rings. The maximum atomic E-state index is 10.9. The van der Waals surface area contributed by atoms with Crippen LogP contribution in [-0.2, 0) is 9.05 Å². The van der Waals surface area contributed by atoms with Gasteiger partial charge in [-0.3, -0.25) is 0 Å². The molecule has 0 aliphatic carbocycles. The summed E-state index contributed by atoms with van der Waals surface area (Å²) in [5, 5.41) is 8.94. The van der Waals surface area contributed by atoms with Crippen LogP contribution in [0, 0.1) is 0 Å². The van der Waals surface area contributed by atoms with Crippen molar-refractivity contribution in [3.8, 4) is 5.75 Å². The van der Waals surface area contributed by atoms with Gasteiger partial charge in [-0.1, -0.05) is 23.2 Å². The van der Waals surface area contributed by atoms with Crippen molar-refractivity contribution in [3.05, 3.63) is 22.2 Å². The average molecular weight is 262 g/mol. The molecule has 1 aromatic rings. The molecule has 0 amide bonds. The second-order valence-corrected chi connectivity index (χ2v) is 5.46. The van der Waals surface area contributed by atoms with Crippen LogP contribution in [0.25, 0.3) is 0 Å². The lowest BCUT2D eigenvalue weighted by Crippen LogP contribution is -1.92. The van der Waals surface area contributed by atoms with E-state index in [1.54, 1.807) is 0 Å². The van der Waals surface area contributed by atoms with Crippen molar-refractivity contribution in [1.29, 1.82) is 0 Å². The third-order valence-corrected chi connectivity index (χ3v) is 3.37. The summed E-state index contributed by atoms with van der Waals surface area (Å²) in [6.07, 6.45) is 0. The zero-order valence-corrected chi connectivity index (χ0v) is 9.04. The molecule has 3 nitrogen and oxygen atoms in total. The molecule has 0 unspecified atom stereocenters. The van der Waals surface area contributed by atoms with Crippen LogP contribution in [0.3, 0.4) is 0 Å². The molecule has 0 saturated heterocycles. The Balaban J connectivity index is 3.62. The summed E-state index contributed by atoms with van der Waals surface area (Å²) >= 11 is 11.0. The fraction of sp³-hybridized carbons (Fsp3) is 0. The smallest absolute Gasteiger partial charge is 0.266 e. The Morgan fingerprint density at radius 3 is 2.00 bits per heavy atom. The van der Waals surface area contributed by atoms with Gasteiger partial charge in [-0.2, -0.15) is 0 Å². The van der Waals surface area contributed by atoms with Crippen molar-refractivity contribution in [2.45, 2.75) is 4.90 Å². The summed E-state index contributed by atoms with van der Waals surface area (Å²) in [5.74, 6) is -0.635. The van der Waals surface area contributed by atoms with Crippen LogP contribution in [-0.4, -0.2) is 13.5 Å². The van der Waals surface area contributed by atoms with Gasteiger partial charge in [0.25, 0.3) is 9.05 Å². The molecule has 1 N–H and O–H groups in total. The molecule has 0 heterocycles. The minimum absolute atomic E-state index is 0.122. The van der Waals surface area contributed by atoms with E-state index in [1.807, 2.05) is 0 Å². The molecule has 7 heteroatoms.